The number of likely N-dealkylation sites (tertiary alicyclic amines) is 1. The van der Waals surface area contributed by atoms with Gasteiger partial charge in [-0.2, -0.15) is 13.2 Å². The average molecular weight is 486 g/mol. The molecule has 0 spiro atoms. The molecule has 34 heavy (non-hydrogen) atoms. The third-order valence-corrected chi connectivity index (χ3v) is 6.06. The van der Waals surface area contributed by atoms with Crippen molar-refractivity contribution < 1.29 is 22.4 Å². The van der Waals surface area contributed by atoms with Crippen molar-refractivity contribution in [1.29, 1.82) is 0 Å². The van der Waals surface area contributed by atoms with Crippen LogP contribution in [-0.4, -0.2) is 22.5 Å². The molecule has 1 aliphatic rings. The number of oxazole rings is 1. The van der Waals surface area contributed by atoms with Crippen molar-refractivity contribution in [3.8, 4) is 11.1 Å². The second kappa shape index (κ2) is 8.68. The van der Waals surface area contributed by atoms with Crippen LogP contribution in [0.25, 0.3) is 22.2 Å². The van der Waals surface area contributed by atoms with Crippen LogP contribution in [0.5, 0.6) is 0 Å². The molecule has 1 saturated heterocycles. The quantitative estimate of drug-likeness (QED) is 0.326. The van der Waals surface area contributed by atoms with Crippen LogP contribution in [0, 0.1) is 0 Å². The number of nitrogens with one attached hydrogen (secondary N) is 1. The Balaban J connectivity index is 1.43. The molecule has 0 bridgehead atoms. The number of alkyl halides is 3. The number of rotatable bonds is 3. The SMILES string of the molecule is O=C(Nc1cccc(Cl)c1)N1CCCC1c1nc2cc(-c3ccccc3C(F)(F)F)ccc2o1. The number of fused-ring (bicyclic) bond motifs is 1. The van der Waals surface area contributed by atoms with Gasteiger partial charge in [0.15, 0.2) is 5.58 Å². The summed E-state index contributed by atoms with van der Waals surface area (Å²) in [6.45, 7) is 0.528. The van der Waals surface area contributed by atoms with E-state index in [1.165, 1.54) is 12.1 Å². The summed E-state index contributed by atoms with van der Waals surface area (Å²) in [5, 5.41) is 3.35. The fourth-order valence-electron chi connectivity index (χ4n) is 4.27. The number of carbonyl (C=O) groups excluding carboxylic acids is 1. The molecular weight excluding hydrogens is 467 g/mol. The van der Waals surface area contributed by atoms with Crippen LogP contribution in [0.1, 0.15) is 30.3 Å². The van der Waals surface area contributed by atoms with Gasteiger partial charge in [0, 0.05) is 17.3 Å². The number of carbonyl (C=O) groups is 1. The summed E-state index contributed by atoms with van der Waals surface area (Å²) < 4.78 is 46.3. The van der Waals surface area contributed by atoms with Crippen molar-refractivity contribution in [3.63, 3.8) is 0 Å². The minimum absolute atomic E-state index is 0.0739. The zero-order valence-electron chi connectivity index (χ0n) is 17.8. The van der Waals surface area contributed by atoms with E-state index < -0.39 is 11.7 Å². The van der Waals surface area contributed by atoms with E-state index in [0.717, 1.165) is 12.5 Å². The lowest BCUT2D eigenvalue weighted by atomic mass is 9.99. The maximum Gasteiger partial charge on any atom is 0.417 e. The Kier molecular flexibility index (Phi) is 5.69. The summed E-state index contributed by atoms with van der Waals surface area (Å²) in [4.78, 5) is 19.1. The van der Waals surface area contributed by atoms with E-state index in [4.69, 9.17) is 16.0 Å². The number of amides is 2. The van der Waals surface area contributed by atoms with Crippen LogP contribution < -0.4 is 5.32 Å². The first-order chi connectivity index (χ1) is 16.3. The van der Waals surface area contributed by atoms with Crippen molar-refractivity contribution >= 4 is 34.4 Å². The zero-order chi connectivity index (χ0) is 23.9. The van der Waals surface area contributed by atoms with E-state index in [0.29, 0.717) is 46.2 Å². The molecule has 174 valence electrons. The van der Waals surface area contributed by atoms with Gasteiger partial charge in [0.05, 0.1) is 5.56 Å². The first-order valence-electron chi connectivity index (χ1n) is 10.7. The van der Waals surface area contributed by atoms with Crippen molar-refractivity contribution in [1.82, 2.24) is 9.88 Å². The molecule has 0 radical (unpaired) electrons. The van der Waals surface area contributed by atoms with E-state index in [1.807, 2.05) is 0 Å². The minimum Gasteiger partial charge on any atom is -0.438 e. The number of hydrogen-bond donors (Lipinski definition) is 1. The third kappa shape index (κ3) is 4.33. The Morgan fingerprint density at radius 2 is 1.91 bits per heavy atom. The summed E-state index contributed by atoms with van der Waals surface area (Å²) in [5.74, 6) is 0.356. The lowest BCUT2D eigenvalue weighted by Gasteiger charge is -2.22. The molecule has 5 nitrogen and oxygen atoms in total. The summed E-state index contributed by atoms with van der Waals surface area (Å²) in [5.41, 5.74) is 1.22. The highest BCUT2D eigenvalue weighted by molar-refractivity contribution is 6.30. The molecule has 1 aliphatic heterocycles. The predicted molar refractivity (Wildman–Crippen MR) is 124 cm³/mol. The Bertz CT molecular complexity index is 1370. The van der Waals surface area contributed by atoms with Crippen molar-refractivity contribution in [2.24, 2.45) is 0 Å². The highest BCUT2D eigenvalue weighted by Gasteiger charge is 2.35. The molecule has 5 rings (SSSR count). The number of anilines is 1. The molecule has 2 amide bonds. The van der Waals surface area contributed by atoms with Crippen molar-refractivity contribution in [2.45, 2.75) is 25.1 Å². The van der Waals surface area contributed by atoms with Gasteiger partial charge >= 0.3 is 12.2 Å². The molecule has 1 atom stereocenters. The lowest BCUT2D eigenvalue weighted by Crippen LogP contribution is -2.34. The first-order valence-corrected chi connectivity index (χ1v) is 11.1. The van der Waals surface area contributed by atoms with Gasteiger partial charge in [0.25, 0.3) is 0 Å². The Morgan fingerprint density at radius 1 is 1.09 bits per heavy atom. The minimum atomic E-state index is -4.47. The van der Waals surface area contributed by atoms with Gasteiger partial charge in [-0.15, -0.1) is 0 Å². The van der Waals surface area contributed by atoms with E-state index in [-0.39, 0.29) is 17.6 Å². The molecule has 0 saturated carbocycles. The lowest BCUT2D eigenvalue weighted by molar-refractivity contribution is -0.137. The Morgan fingerprint density at radius 3 is 2.71 bits per heavy atom. The summed E-state index contributed by atoms with van der Waals surface area (Å²) >= 11 is 6.00. The second-order valence-corrected chi connectivity index (χ2v) is 8.51. The highest BCUT2D eigenvalue weighted by Crippen LogP contribution is 2.39. The van der Waals surface area contributed by atoms with Gasteiger partial charge in [0.2, 0.25) is 5.89 Å². The molecule has 3 aromatic carbocycles. The van der Waals surface area contributed by atoms with E-state index in [9.17, 15) is 18.0 Å². The number of hydrogen-bond acceptors (Lipinski definition) is 3. The largest absolute Gasteiger partial charge is 0.438 e. The number of aromatic nitrogens is 1. The van der Waals surface area contributed by atoms with Crippen LogP contribution in [-0.2, 0) is 6.18 Å². The average Bonchev–Trinajstić information content (AvgIpc) is 3.45. The number of nitrogens with zero attached hydrogens (tertiary/aromatic N) is 2. The number of urea groups is 1. The van der Waals surface area contributed by atoms with Crippen LogP contribution in [0.15, 0.2) is 71.1 Å². The molecule has 1 aromatic heterocycles. The van der Waals surface area contributed by atoms with Crippen LogP contribution in [0.4, 0.5) is 23.7 Å². The fraction of sp³-hybridized carbons (Fsp3) is 0.200. The fourth-order valence-corrected chi connectivity index (χ4v) is 4.46. The molecule has 4 aromatic rings. The Hall–Kier alpha value is -3.52. The van der Waals surface area contributed by atoms with Gasteiger partial charge in [0.1, 0.15) is 11.6 Å². The van der Waals surface area contributed by atoms with E-state index in [2.05, 4.69) is 10.3 Å². The van der Waals surface area contributed by atoms with Crippen LogP contribution in [0.3, 0.4) is 0 Å². The van der Waals surface area contributed by atoms with E-state index in [1.54, 1.807) is 53.4 Å². The van der Waals surface area contributed by atoms with Crippen molar-refractivity contribution in [2.75, 3.05) is 11.9 Å². The number of benzene rings is 3. The molecule has 1 N–H and O–H groups in total. The normalized spacial score (nSPS) is 16.2. The van der Waals surface area contributed by atoms with Gasteiger partial charge in [-0.3, -0.25) is 0 Å². The summed E-state index contributed by atoms with van der Waals surface area (Å²) in [6.07, 6.45) is -3.03. The van der Waals surface area contributed by atoms with Gasteiger partial charge in [-0.25, -0.2) is 9.78 Å². The molecule has 1 unspecified atom stereocenters. The molecule has 1 fully saturated rings. The smallest absolute Gasteiger partial charge is 0.417 e. The topological polar surface area (TPSA) is 58.4 Å². The third-order valence-electron chi connectivity index (χ3n) is 5.82. The van der Waals surface area contributed by atoms with Crippen LogP contribution in [0.2, 0.25) is 5.02 Å². The predicted octanol–water partition coefficient (Wildman–Crippen LogP) is 7.54. The summed E-state index contributed by atoms with van der Waals surface area (Å²) in [7, 11) is 0. The van der Waals surface area contributed by atoms with Crippen molar-refractivity contribution in [3.05, 3.63) is 83.2 Å². The Labute approximate surface area is 198 Å². The molecule has 9 heteroatoms. The zero-order valence-corrected chi connectivity index (χ0v) is 18.5. The van der Waals surface area contributed by atoms with E-state index >= 15 is 0 Å². The van der Waals surface area contributed by atoms with Crippen LogP contribution >= 0.6 is 11.6 Å². The first kappa shape index (κ1) is 22.3. The van der Waals surface area contributed by atoms with Gasteiger partial charge in [-0.05, 0) is 60.4 Å². The molecule has 0 aliphatic carbocycles. The summed E-state index contributed by atoms with van der Waals surface area (Å²) in [6, 6.07) is 16.4. The molecular formula is C25H19ClF3N3O2. The monoisotopic (exact) mass is 485 g/mol. The maximum absolute atomic E-state index is 13.5. The highest BCUT2D eigenvalue weighted by atomic mass is 35.5. The van der Waals surface area contributed by atoms with Gasteiger partial charge < -0.3 is 14.6 Å². The molecule has 2 heterocycles. The maximum atomic E-state index is 13.5. The van der Waals surface area contributed by atoms with Gasteiger partial charge in [-0.1, -0.05) is 41.9 Å². The second-order valence-electron chi connectivity index (χ2n) is 8.07. The standard InChI is InChI=1S/C25H19ClF3N3O2/c26-16-5-3-6-17(14-16)30-24(33)32-12-4-9-21(32)23-31-20-13-15(10-11-22(20)34-23)18-7-1-2-8-19(18)25(27,28)29/h1-3,5-8,10-11,13-14,21H,4,9,12H2,(H,30,33). The number of halogens is 4.